The van der Waals surface area contributed by atoms with Crippen LogP contribution in [0.1, 0.15) is 5.56 Å². The van der Waals surface area contributed by atoms with Crippen LogP contribution in [0, 0.1) is 0 Å². The lowest BCUT2D eigenvalue weighted by Crippen LogP contribution is -2.38. The fourth-order valence-electron chi connectivity index (χ4n) is 3.58. The molecule has 0 unspecified atom stereocenters. The maximum absolute atomic E-state index is 12.8. The molecule has 0 aliphatic carbocycles. The van der Waals surface area contributed by atoms with Crippen molar-refractivity contribution in [2.45, 2.75) is 6.54 Å². The molecule has 10 heteroatoms. The number of hydrogen-bond donors (Lipinski definition) is 3. The summed E-state index contributed by atoms with van der Waals surface area (Å²) in [6.45, 7) is -0.473. The number of carbonyl (C=O) groups is 4. The van der Waals surface area contributed by atoms with Crippen LogP contribution in [0.15, 0.2) is 60.4 Å². The monoisotopic (exact) mass is 447 g/mol. The van der Waals surface area contributed by atoms with Crippen molar-refractivity contribution in [3.63, 3.8) is 0 Å². The number of fused-ring (bicyclic) bond motifs is 1. The van der Waals surface area contributed by atoms with Gasteiger partial charge >= 0.3 is 6.03 Å². The van der Waals surface area contributed by atoms with Gasteiger partial charge in [-0.25, -0.2) is 9.69 Å². The maximum atomic E-state index is 12.8. The Hall–Kier alpha value is -4.60. The van der Waals surface area contributed by atoms with E-state index in [4.69, 9.17) is 10.5 Å². The molecule has 10 nitrogen and oxygen atoms in total. The minimum atomic E-state index is -0.697. The second-order valence-electron chi connectivity index (χ2n) is 7.35. The molecular weight excluding hydrogens is 426 g/mol. The van der Waals surface area contributed by atoms with Gasteiger partial charge < -0.3 is 25.7 Å². The van der Waals surface area contributed by atoms with Crippen molar-refractivity contribution < 1.29 is 23.9 Å². The summed E-state index contributed by atoms with van der Waals surface area (Å²) >= 11 is 0. The third-order valence-corrected chi connectivity index (χ3v) is 5.08. The number of nitrogens with one attached hydrogen (secondary N) is 2. The van der Waals surface area contributed by atoms with Crippen LogP contribution in [0.4, 0.5) is 10.5 Å². The second kappa shape index (κ2) is 8.87. The highest BCUT2D eigenvalue weighted by Gasteiger charge is 2.35. The molecule has 0 saturated carbocycles. The Morgan fingerprint density at radius 1 is 1.09 bits per heavy atom. The second-order valence-corrected chi connectivity index (χ2v) is 7.35. The number of nitrogens with zero attached hydrogens (tertiary/aromatic N) is 2. The van der Waals surface area contributed by atoms with E-state index >= 15 is 0 Å². The fourth-order valence-corrected chi connectivity index (χ4v) is 3.58. The molecule has 2 aromatic carbocycles. The van der Waals surface area contributed by atoms with Crippen LogP contribution in [-0.2, 0) is 20.9 Å². The molecular formula is C23H21N5O5. The van der Waals surface area contributed by atoms with Crippen molar-refractivity contribution in [2.75, 3.05) is 19.0 Å². The van der Waals surface area contributed by atoms with E-state index in [2.05, 4.69) is 10.6 Å². The van der Waals surface area contributed by atoms with Crippen molar-refractivity contribution in [2.24, 2.45) is 5.73 Å². The number of imide groups is 1. The van der Waals surface area contributed by atoms with Gasteiger partial charge in [-0.05, 0) is 36.4 Å². The van der Waals surface area contributed by atoms with E-state index < -0.39 is 30.3 Å². The Morgan fingerprint density at radius 2 is 1.82 bits per heavy atom. The van der Waals surface area contributed by atoms with E-state index in [0.717, 1.165) is 15.8 Å². The maximum Gasteiger partial charge on any atom is 0.329 e. The average molecular weight is 447 g/mol. The van der Waals surface area contributed by atoms with E-state index in [9.17, 15) is 19.2 Å². The molecule has 3 aromatic rings. The zero-order chi connectivity index (χ0) is 23.5. The van der Waals surface area contributed by atoms with Crippen LogP contribution in [0.3, 0.4) is 0 Å². The highest BCUT2D eigenvalue weighted by Crippen LogP contribution is 2.25. The number of aromatic nitrogens is 1. The quantitative estimate of drug-likeness (QED) is 0.374. The molecule has 1 aliphatic rings. The van der Waals surface area contributed by atoms with Crippen LogP contribution >= 0.6 is 0 Å². The van der Waals surface area contributed by atoms with Crippen LogP contribution in [0.2, 0.25) is 0 Å². The lowest BCUT2D eigenvalue weighted by Gasteiger charge is -2.12. The number of para-hydroxylation sites is 1. The molecule has 1 aromatic heterocycles. The van der Waals surface area contributed by atoms with Crippen molar-refractivity contribution in [3.05, 3.63) is 66.0 Å². The molecule has 4 N–H and O–H groups in total. The Morgan fingerprint density at radius 3 is 2.52 bits per heavy atom. The third-order valence-electron chi connectivity index (χ3n) is 5.08. The predicted octanol–water partition coefficient (Wildman–Crippen LogP) is 1.67. The summed E-state index contributed by atoms with van der Waals surface area (Å²) in [6.07, 6.45) is 3.20. The summed E-state index contributed by atoms with van der Waals surface area (Å²) in [6, 6.07) is 13.3. The summed E-state index contributed by atoms with van der Waals surface area (Å²) in [4.78, 5) is 49.8. The van der Waals surface area contributed by atoms with Gasteiger partial charge in [-0.2, -0.15) is 0 Å². The number of carbonyl (C=O) groups excluding carboxylic acids is 4. The van der Waals surface area contributed by atoms with Crippen molar-refractivity contribution in [1.29, 1.82) is 0 Å². The summed E-state index contributed by atoms with van der Waals surface area (Å²) in [7, 11) is 1.53. The predicted molar refractivity (Wildman–Crippen MR) is 121 cm³/mol. The highest BCUT2D eigenvalue weighted by molar-refractivity contribution is 6.16. The van der Waals surface area contributed by atoms with Crippen molar-refractivity contribution in [1.82, 2.24) is 14.8 Å². The molecule has 5 amide bonds. The van der Waals surface area contributed by atoms with Gasteiger partial charge in [-0.3, -0.25) is 14.4 Å². The molecule has 0 radical (unpaired) electrons. The van der Waals surface area contributed by atoms with E-state index in [1.807, 2.05) is 24.3 Å². The fraction of sp³-hybridized carbons (Fsp3) is 0.130. The Kier molecular flexibility index (Phi) is 5.81. The lowest BCUT2D eigenvalue weighted by atomic mass is 10.1. The minimum Gasteiger partial charge on any atom is -0.497 e. The number of methoxy groups -OCH3 is 1. The van der Waals surface area contributed by atoms with Crippen LogP contribution < -0.4 is 21.1 Å². The first-order valence-electron chi connectivity index (χ1n) is 10.0. The first-order valence-corrected chi connectivity index (χ1v) is 10.0. The van der Waals surface area contributed by atoms with Gasteiger partial charge in [0.15, 0.2) is 0 Å². The van der Waals surface area contributed by atoms with Crippen molar-refractivity contribution in [3.8, 4) is 5.75 Å². The Balaban J connectivity index is 1.52. The average Bonchev–Trinajstić information content (AvgIpc) is 3.26. The smallest absolute Gasteiger partial charge is 0.329 e. The highest BCUT2D eigenvalue weighted by atomic mass is 16.5. The van der Waals surface area contributed by atoms with Gasteiger partial charge in [0, 0.05) is 28.4 Å². The number of rotatable bonds is 7. The molecule has 1 aliphatic heterocycles. The number of urea groups is 1. The summed E-state index contributed by atoms with van der Waals surface area (Å²) in [5, 5.41) is 5.92. The van der Waals surface area contributed by atoms with E-state index in [1.165, 1.54) is 13.2 Å². The van der Waals surface area contributed by atoms with Crippen LogP contribution in [-0.4, -0.2) is 46.9 Å². The number of amides is 5. The molecule has 168 valence electrons. The molecule has 4 rings (SSSR count). The van der Waals surface area contributed by atoms with Gasteiger partial charge in [-0.1, -0.05) is 18.2 Å². The standard InChI is InChI=1S/C23H21N5O5/c1-33-16-8-6-15(7-9-16)25-21(30)13-28-22(31)18(26-23(28)32)10-14-11-27(12-20(24)29)19-5-3-2-4-17(14)19/h2-11H,12-13H2,1H3,(H2,24,29)(H,25,30)(H,26,32). The molecule has 1 fully saturated rings. The largest absolute Gasteiger partial charge is 0.497 e. The Labute approximate surface area is 188 Å². The SMILES string of the molecule is COc1ccc(NC(=O)CN2C(=O)NC(=Cc3cn(CC(N)=O)c4ccccc34)C2=O)cc1. The summed E-state index contributed by atoms with van der Waals surface area (Å²) in [5.74, 6) is -1.03. The molecule has 2 heterocycles. The first kappa shape index (κ1) is 21.6. The van der Waals surface area contributed by atoms with Gasteiger partial charge in [0.2, 0.25) is 11.8 Å². The number of nitrogens with two attached hydrogens (primary N) is 1. The zero-order valence-electron chi connectivity index (χ0n) is 17.7. The molecule has 0 bridgehead atoms. The zero-order valence-corrected chi connectivity index (χ0v) is 17.7. The lowest BCUT2D eigenvalue weighted by molar-refractivity contribution is -0.127. The number of anilines is 1. The topological polar surface area (TPSA) is 136 Å². The van der Waals surface area contributed by atoms with Gasteiger partial charge in [-0.15, -0.1) is 0 Å². The van der Waals surface area contributed by atoms with Gasteiger partial charge in [0.05, 0.1) is 7.11 Å². The van der Waals surface area contributed by atoms with E-state index in [1.54, 1.807) is 35.0 Å². The molecule has 1 saturated heterocycles. The molecule has 0 atom stereocenters. The summed E-state index contributed by atoms with van der Waals surface area (Å²) < 4.78 is 6.74. The number of benzene rings is 2. The third kappa shape index (κ3) is 4.54. The van der Waals surface area contributed by atoms with Crippen molar-refractivity contribution >= 4 is 46.4 Å². The normalized spacial score (nSPS) is 14.6. The summed E-state index contributed by atoms with van der Waals surface area (Å²) in [5.41, 5.74) is 7.24. The van der Waals surface area contributed by atoms with Gasteiger partial charge in [0.25, 0.3) is 5.91 Å². The number of ether oxygens (including phenoxy) is 1. The van der Waals surface area contributed by atoms with E-state index in [-0.39, 0.29) is 12.2 Å². The van der Waals surface area contributed by atoms with Crippen LogP contribution in [0.5, 0.6) is 5.75 Å². The first-order chi connectivity index (χ1) is 15.9. The minimum absolute atomic E-state index is 0.0261. The van der Waals surface area contributed by atoms with Gasteiger partial charge in [0.1, 0.15) is 24.5 Å². The molecule has 33 heavy (non-hydrogen) atoms. The Bertz CT molecular complexity index is 1290. The number of primary amides is 1. The van der Waals surface area contributed by atoms with E-state index in [0.29, 0.717) is 17.0 Å². The number of hydrogen-bond acceptors (Lipinski definition) is 5. The molecule has 0 spiro atoms. The van der Waals surface area contributed by atoms with Crippen LogP contribution in [0.25, 0.3) is 17.0 Å².